The predicted molar refractivity (Wildman–Crippen MR) is 99.2 cm³/mol. The number of benzene rings is 2. The number of hydrazone groups is 1. The van der Waals surface area contributed by atoms with E-state index in [2.05, 4.69) is 15.8 Å². The van der Waals surface area contributed by atoms with Crippen molar-refractivity contribution in [2.24, 2.45) is 10.8 Å². The molecule has 8 heteroatoms. The van der Waals surface area contributed by atoms with Crippen LogP contribution in [0.15, 0.2) is 47.6 Å². The molecule has 25 heavy (non-hydrogen) atoms. The third-order valence-electron chi connectivity index (χ3n) is 3.25. The molecule has 1 amide bonds. The summed E-state index contributed by atoms with van der Waals surface area (Å²) in [6.45, 7) is 1.87. The molecule has 0 heterocycles. The maximum Gasteiger partial charge on any atom is 0.257 e. The van der Waals surface area contributed by atoms with Gasteiger partial charge in [-0.1, -0.05) is 29.8 Å². The van der Waals surface area contributed by atoms with Crippen LogP contribution in [0.3, 0.4) is 0 Å². The van der Waals surface area contributed by atoms with Crippen LogP contribution in [0, 0.1) is 23.7 Å². The number of halogens is 1. The molecule has 5 N–H and O–H groups in total. The van der Waals surface area contributed by atoms with E-state index in [4.69, 9.17) is 28.0 Å². The van der Waals surface area contributed by atoms with E-state index in [1.807, 2.05) is 6.92 Å². The molecule has 0 atom stereocenters. The molecule has 126 valence electrons. The quantitative estimate of drug-likeness (QED) is 0.373. The standard InChI is InChI=1S/C17H15ClN6O/c1-10-6-7-11(8-13(10)18)22-17(25)12-4-2-3-5-14(12)23-24-15(9-19)16(20)21/h2-8,23H,1H3,(H3,20,21)(H,22,25)/b24-15+. The first-order valence-corrected chi connectivity index (χ1v) is 7.55. The largest absolute Gasteiger partial charge is 0.382 e. The van der Waals surface area contributed by atoms with Crippen LogP contribution < -0.4 is 16.5 Å². The molecular weight excluding hydrogens is 340 g/mol. The van der Waals surface area contributed by atoms with Crippen LogP contribution in [0.2, 0.25) is 5.02 Å². The second-order valence-corrected chi connectivity index (χ2v) is 5.47. The number of amides is 1. The normalized spacial score (nSPS) is 10.7. The Balaban J connectivity index is 2.24. The third kappa shape index (κ3) is 4.56. The number of amidine groups is 1. The van der Waals surface area contributed by atoms with Crippen LogP contribution in [-0.2, 0) is 0 Å². The number of nitrogens with zero attached hydrogens (tertiary/aromatic N) is 2. The first-order valence-electron chi connectivity index (χ1n) is 7.17. The third-order valence-corrected chi connectivity index (χ3v) is 3.66. The molecule has 2 aromatic carbocycles. The second-order valence-electron chi connectivity index (χ2n) is 5.06. The lowest BCUT2D eigenvalue weighted by Crippen LogP contribution is -2.22. The van der Waals surface area contributed by atoms with Gasteiger partial charge in [-0.3, -0.25) is 15.6 Å². The summed E-state index contributed by atoms with van der Waals surface area (Å²) in [6, 6.07) is 13.5. The number of carbonyl (C=O) groups excluding carboxylic acids is 1. The molecule has 2 rings (SSSR count). The SMILES string of the molecule is Cc1ccc(NC(=O)c2ccccc2N/N=C(\C#N)C(=N)N)cc1Cl. The van der Waals surface area contributed by atoms with Crippen LogP contribution >= 0.6 is 11.6 Å². The van der Waals surface area contributed by atoms with E-state index in [9.17, 15) is 4.79 Å². The highest BCUT2D eigenvalue weighted by Crippen LogP contribution is 2.22. The molecule has 0 spiro atoms. The van der Waals surface area contributed by atoms with Crippen molar-refractivity contribution in [1.82, 2.24) is 0 Å². The van der Waals surface area contributed by atoms with E-state index in [1.54, 1.807) is 48.5 Å². The number of carbonyl (C=O) groups is 1. The van der Waals surface area contributed by atoms with Gasteiger partial charge in [-0.25, -0.2) is 0 Å². The number of nitrogens with one attached hydrogen (secondary N) is 3. The van der Waals surface area contributed by atoms with E-state index in [-0.39, 0.29) is 11.6 Å². The summed E-state index contributed by atoms with van der Waals surface area (Å²) >= 11 is 6.06. The summed E-state index contributed by atoms with van der Waals surface area (Å²) in [5.41, 5.74) is 9.69. The average Bonchev–Trinajstić information content (AvgIpc) is 2.58. The van der Waals surface area contributed by atoms with Gasteiger partial charge in [0.1, 0.15) is 6.07 Å². The predicted octanol–water partition coefficient (Wildman–Crippen LogP) is 3.13. The molecule has 0 saturated heterocycles. The molecule has 2 aromatic rings. The van der Waals surface area contributed by atoms with Crippen LogP contribution in [0.1, 0.15) is 15.9 Å². The van der Waals surface area contributed by atoms with Crippen molar-refractivity contribution in [3.63, 3.8) is 0 Å². The van der Waals surface area contributed by atoms with Crippen molar-refractivity contribution < 1.29 is 4.79 Å². The minimum Gasteiger partial charge on any atom is -0.382 e. The molecule has 0 unspecified atom stereocenters. The molecule has 0 fully saturated rings. The van der Waals surface area contributed by atoms with E-state index < -0.39 is 5.84 Å². The van der Waals surface area contributed by atoms with Crippen LogP contribution in [0.25, 0.3) is 0 Å². The number of anilines is 2. The Morgan fingerprint density at radius 3 is 2.68 bits per heavy atom. The highest BCUT2D eigenvalue weighted by Gasteiger charge is 2.12. The van der Waals surface area contributed by atoms with Crippen LogP contribution in [-0.4, -0.2) is 17.5 Å². The van der Waals surface area contributed by atoms with Crippen molar-refractivity contribution >= 4 is 40.4 Å². The van der Waals surface area contributed by atoms with Gasteiger partial charge in [0, 0.05) is 10.7 Å². The van der Waals surface area contributed by atoms with Gasteiger partial charge >= 0.3 is 0 Å². The fraction of sp³-hybridized carbons (Fsp3) is 0.0588. The van der Waals surface area contributed by atoms with Crippen LogP contribution in [0.5, 0.6) is 0 Å². The highest BCUT2D eigenvalue weighted by molar-refractivity contribution is 6.45. The number of nitrogens with two attached hydrogens (primary N) is 1. The monoisotopic (exact) mass is 354 g/mol. The zero-order chi connectivity index (χ0) is 18.4. The first kappa shape index (κ1) is 18.0. The molecule has 0 bridgehead atoms. The maximum atomic E-state index is 12.5. The Hall–Kier alpha value is -3.37. The minimum atomic E-state index is -0.466. The van der Waals surface area contributed by atoms with Crippen molar-refractivity contribution in [3.8, 4) is 6.07 Å². The molecule has 0 aliphatic heterocycles. The van der Waals surface area contributed by atoms with Gasteiger partial charge in [-0.15, -0.1) is 0 Å². The summed E-state index contributed by atoms with van der Waals surface area (Å²) in [4.78, 5) is 12.5. The Kier molecular flexibility index (Phi) is 5.71. The van der Waals surface area contributed by atoms with Gasteiger partial charge in [-0.2, -0.15) is 10.4 Å². The highest BCUT2D eigenvalue weighted by atomic mass is 35.5. The fourth-order valence-corrected chi connectivity index (χ4v) is 2.09. The first-order chi connectivity index (χ1) is 11.9. The molecule has 0 aliphatic rings. The summed E-state index contributed by atoms with van der Waals surface area (Å²) in [7, 11) is 0. The Morgan fingerprint density at radius 2 is 2.04 bits per heavy atom. The van der Waals surface area contributed by atoms with E-state index in [1.165, 1.54) is 0 Å². The molecule has 7 nitrogen and oxygen atoms in total. The molecule has 0 radical (unpaired) electrons. The number of hydrogen-bond acceptors (Lipinski definition) is 5. The fourth-order valence-electron chi connectivity index (χ4n) is 1.91. The van der Waals surface area contributed by atoms with Crippen molar-refractivity contribution in [3.05, 3.63) is 58.6 Å². The summed E-state index contributed by atoms with van der Waals surface area (Å²) in [5.74, 6) is -0.842. The zero-order valence-electron chi connectivity index (χ0n) is 13.3. The number of hydrogen-bond donors (Lipinski definition) is 4. The maximum absolute atomic E-state index is 12.5. The lowest BCUT2D eigenvalue weighted by Gasteiger charge is -2.10. The molecular formula is C17H15ClN6O. The van der Waals surface area contributed by atoms with Gasteiger partial charge in [-0.05, 0) is 36.8 Å². The topological polar surface area (TPSA) is 127 Å². The molecule has 0 aromatic heterocycles. The Labute approximate surface area is 149 Å². The van der Waals surface area contributed by atoms with Gasteiger partial charge in [0.2, 0.25) is 5.71 Å². The summed E-state index contributed by atoms with van der Waals surface area (Å²) in [6.07, 6.45) is 0. The Bertz CT molecular complexity index is 900. The second kappa shape index (κ2) is 7.95. The number of para-hydroxylation sites is 1. The van der Waals surface area contributed by atoms with E-state index in [0.717, 1.165) is 5.56 Å². The average molecular weight is 355 g/mol. The number of nitriles is 1. The smallest absolute Gasteiger partial charge is 0.257 e. The molecule has 0 aliphatic carbocycles. The van der Waals surface area contributed by atoms with E-state index >= 15 is 0 Å². The van der Waals surface area contributed by atoms with Crippen molar-refractivity contribution in [2.45, 2.75) is 6.92 Å². The number of aryl methyl sites for hydroxylation is 1. The van der Waals surface area contributed by atoms with E-state index in [0.29, 0.717) is 22.0 Å². The van der Waals surface area contributed by atoms with Gasteiger partial charge < -0.3 is 11.1 Å². The van der Waals surface area contributed by atoms with Crippen molar-refractivity contribution in [2.75, 3.05) is 10.7 Å². The summed E-state index contributed by atoms with van der Waals surface area (Å²) < 4.78 is 0. The number of rotatable bonds is 5. The minimum absolute atomic E-state index is 0.277. The summed E-state index contributed by atoms with van der Waals surface area (Å²) in [5, 5.41) is 23.1. The Morgan fingerprint density at radius 1 is 1.32 bits per heavy atom. The van der Waals surface area contributed by atoms with Crippen LogP contribution in [0.4, 0.5) is 11.4 Å². The lowest BCUT2D eigenvalue weighted by atomic mass is 10.1. The van der Waals surface area contributed by atoms with Gasteiger partial charge in [0.25, 0.3) is 5.91 Å². The van der Waals surface area contributed by atoms with Crippen molar-refractivity contribution in [1.29, 1.82) is 10.7 Å². The molecule has 0 saturated carbocycles. The lowest BCUT2D eigenvalue weighted by molar-refractivity contribution is 0.102. The van der Waals surface area contributed by atoms with Gasteiger partial charge in [0.15, 0.2) is 5.84 Å². The van der Waals surface area contributed by atoms with Gasteiger partial charge in [0.05, 0.1) is 11.3 Å². The zero-order valence-corrected chi connectivity index (χ0v) is 14.1.